The molecule has 0 saturated carbocycles. The van der Waals surface area contributed by atoms with Gasteiger partial charge in [-0.3, -0.25) is 0 Å². The SMILES string of the molecule is Brc1ccc2nc([C@H]3C=CC=CC3)ncc2c1. The van der Waals surface area contributed by atoms with Crippen molar-refractivity contribution in [1.29, 1.82) is 0 Å². The first-order valence-corrected chi connectivity index (χ1v) is 6.38. The second kappa shape index (κ2) is 4.41. The molecule has 0 bridgehead atoms. The summed E-state index contributed by atoms with van der Waals surface area (Å²) < 4.78 is 1.06. The van der Waals surface area contributed by atoms with Crippen LogP contribution in [-0.2, 0) is 0 Å². The molecule has 0 saturated heterocycles. The van der Waals surface area contributed by atoms with Crippen molar-refractivity contribution in [3.05, 3.63) is 59.0 Å². The number of aromatic nitrogens is 2. The molecule has 3 heteroatoms. The predicted octanol–water partition coefficient (Wildman–Crippen LogP) is 3.99. The van der Waals surface area contributed by atoms with Gasteiger partial charge in [0.05, 0.1) is 5.52 Å². The molecule has 0 spiro atoms. The Morgan fingerprint density at radius 3 is 3.00 bits per heavy atom. The standard InChI is InChI=1S/C14H11BrN2/c15-12-6-7-13-11(8-12)9-16-14(17-13)10-4-2-1-3-5-10/h1-4,6-10H,5H2/t10-/m0/s1. The van der Waals surface area contributed by atoms with Crippen molar-refractivity contribution >= 4 is 26.8 Å². The summed E-state index contributed by atoms with van der Waals surface area (Å²) in [6.45, 7) is 0. The van der Waals surface area contributed by atoms with E-state index in [4.69, 9.17) is 0 Å². The quantitative estimate of drug-likeness (QED) is 0.792. The molecular weight excluding hydrogens is 276 g/mol. The van der Waals surface area contributed by atoms with Crippen LogP contribution in [0.4, 0.5) is 0 Å². The fraction of sp³-hybridized carbons (Fsp3) is 0.143. The number of nitrogens with zero attached hydrogens (tertiary/aromatic N) is 2. The molecular formula is C14H11BrN2. The Balaban J connectivity index is 2.04. The number of hydrogen-bond donors (Lipinski definition) is 0. The van der Waals surface area contributed by atoms with E-state index in [0.717, 1.165) is 27.6 Å². The van der Waals surface area contributed by atoms with E-state index in [9.17, 15) is 0 Å². The number of halogens is 1. The lowest BCUT2D eigenvalue weighted by Gasteiger charge is -2.11. The predicted molar refractivity (Wildman–Crippen MR) is 72.9 cm³/mol. The fourth-order valence-electron chi connectivity index (χ4n) is 1.97. The normalized spacial score (nSPS) is 18.8. The minimum Gasteiger partial charge on any atom is -0.240 e. The molecule has 1 aliphatic rings. The van der Waals surface area contributed by atoms with E-state index in [0.29, 0.717) is 5.92 Å². The van der Waals surface area contributed by atoms with Crippen LogP contribution in [0.15, 0.2) is 53.2 Å². The number of hydrogen-bond acceptors (Lipinski definition) is 2. The first kappa shape index (κ1) is 10.7. The van der Waals surface area contributed by atoms with Gasteiger partial charge in [-0.25, -0.2) is 9.97 Å². The van der Waals surface area contributed by atoms with Crippen LogP contribution in [0.25, 0.3) is 10.9 Å². The van der Waals surface area contributed by atoms with Crippen LogP contribution in [0.3, 0.4) is 0 Å². The smallest absolute Gasteiger partial charge is 0.136 e. The van der Waals surface area contributed by atoms with Gasteiger partial charge in [0.2, 0.25) is 0 Å². The molecule has 1 atom stereocenters. The van der Waals surface area contributed by atoms with Crippen molar-refractivity contribution in [3.8, 4) is 0 Å². The third kappa shape index (κ3) is 2.15. The van der Waals surface area contributed by atoms with E-state index in [-0.39, 0.29) is 0 Å². The Kier molecular flexibility index (Phi) is 2.77. The lowest BCUT2D eigenvalue weighted by Crippen LogP contribution is -2.02. The maximum absolute atomic E-state index is 4.62. The molecule has 1 heterocycles. The second-order valence-corrected chi connectivity index (χ2v) is 5.00. The average molecular weight is 287 g/mol. The van der Waals surface area contributed by atoms with E-state index >= 15 is 0 Å². The van der Waals surface area contributed by atoms with Crippen LogP contribution >= 0.6 is 15.9 Å². The maximum atomic E-state index is 4.62. The number of fused-ring (bicyclic) bond motifs is 1. The van der Waals surface area contributed by atoms with Gasteiger partial charge in [0.15, 0.2) is 0 Å². The van der Waals surface area contributed by atoms with Crippen LogP contribution in [0.1, 0.15) is 18.2 Å². The van der Waals surface area contributed by atoms with Gasteiger partial charge in [0, 0.05) is 22.0 Å². The summed E-state index contributed by atoms with van der Waals surface area (Å²) in [7, 11) is 0. The molecule has 0 unspecified atom stereocenters. The van der Waals surface area contributed by atoms with Crippen molar-refractivity contribution < 1.29 is 0 Å². The van der Waals surface area contributed by atoms with Crippen LogP contribution in [0.5, 0.6) is 0 Å². The zero-order chi connectivity index (χ0) is 11.7. The largest absolute Gasteiger partial charge is 0.240 e. The summed E-state index contributed by atoms with van der Waals surface area (Å²) in [5.41, 5.74) is 1.00. The molecule has 2 nitrogen and oxygen atoms in total. The van der Waals surface area contributed by atoms with Gasteiger partial charge in [-0.2, -0.15) is 0 Å². The molecule has 0 aliphatic heterocycles. The number of rotatable bonds is 1. The summed E-state index contributed by atoms with van der Waals surface area (Å²) in [5, 5.41) is 1.07. The Bertz CT molecular complexity index is 617. The maximum Gasteiger partial charge on any atom is 0.136 e. The summed E-state index contributed by atoms with van der Waals surface area (Å²) in [5.74, 6) is 1.22. The van der Waals surface area contributed by atoms with E-state index in [2.05, 4.69) is 50.2 Å². The molecule has 17 heavy (non-hydrogen) atoms. The lowest BCUT2D eigenvalue weighted by atomic mass is 10.00. The molecule has 0 amide bonds. The number of allylic oxidation sites excluding steroid dienone is 4. The van der Waals surface area contributed by atoms with Crippen LogP contribution in [-0.4, -0.2) is 9.97 Å². The van der Waals surface area contributed by atoms with Gasteiger partial charge in [-0.1, -0.05) is 40.2 Å². The minimum atomic E-state index is 0.313. The molecule has 0 fully saturated rings. The molecule has 2 aromatic rings. The van der Waals surface area contributed by atoms with Crippen molar-refractivity contribution in [3.63, 3.8) is 0 Å². The zero-order valence-corrected chi connectivity index (χ0v) is 10.8. The third-order valence-corrected chi connectivity index (χ3v) is 3.37. The van der Waals surface area contributed by atoms with Crippen molar-refractivity contribution in [2.75, 3.05) is 0 Å². The van der Waals surface area contributed by atoms with Gasteiger partial charge < -0.3 is 0 Å². The Morgan fingerprint density at radius 1 is 1.24 bits per heavy atom. The molecule has 3 rings (SSSR count). The summed E-state index contributed by atoms with van der Waals surface area (Å²) in [6, 6.07) is 6.07. The monoisotopic (exact) mass is 286 g/mol. The van der Waals surface area contributed by atoms with Crippen LogP contribution in [0, 0.1) is 0 Å². The summed E-state index contributed by atoms with van der Waals surface area (Å²) >= 11 is 3.45. The van der Waals surface area contributed by atoms with Gasteiger partial charge in [0.25, 0.3) is 0 Å². The Morgan fingerprint density at radius 2 is 2.18 bits per heavy atom. The number of benzene rings is 1. The van der Waals surface area contributed by atoms with Crippen LogP contribution < -0.4 is 0 Å². The first-order chi connectivity index (χ1) is 8.33. The van der Waals surface area contributed by atoms with Gasteiger partial charge in [-0.15, -0.1) is 0 Å². The molecule has 1 aromatic heterocycles. The fourth-order valence-corrected chi connectivity index (χ4v) is 2.35. The second-order valence-electron chi connectivity index (χ2n) is 4.09. The molecule has 84 valence electrons. The molecule has 1 aromatic carbocycles. The Hall–Kier alpha value is -1.48. The van der Waals surface area contributed by atoms with Gasteiger partial charge >= 0.3 is 0 Å². The average Bonchev–Trinajstić information content (AvgIpc) is 2.39. The summed E-state index contributed by atoms with van der Waals surface area (Å²) in [6.07, 6.45) is 11.3. The zero-order valence-electron chi connectivity index (χ0n) is 9.18. The van der Waals surface area contributed by atoms with E-state index in [1.165, 1.54) is 0 Å². The highest BCUT2D eigenvalue weighted by Crippen LogP contribution is 2.24. The Labute approximate surface area is 108 Å². The third-order valence-electron chi connectivity index (χ3n) is 2.87. The molecule has 0 radical (unpaired) electrons. The topological polar surface area (TPSA) is 25.8 Å². The highest BCUT2D eigenvalue weighted by atomic mass is 79.9. The molecule has 0 N–H and O–H groups in total. The van der Waals surface area contributed by atoms with Crippen LogP contribution in [0.2, 0.25) is 0 Å². The van der Waals surface area contributed by atoms with Gasteiger partial charge in [-0.05, 0) is 24.6 Å². The minimum absolute atomic E-state index is 0.313. The highest BCUT2D eigenvalue weighted by molar-refractivity contribution is 9.10. The highest BCUT2D eigenvalue weighted by Gasteiger charge is 2.11. The first-order valence-electron chi connectivity index (χ1n) is 5.58. The van der Waals surface area contributed by atoms with Crippen molar-refractivity contribution in [2.24, 2.45) is 0 Å². The lowest BCUT2D eigenvalue weighted by molar-refractivity contribution is 0.780. The summed E-state index contributed by atoms with van der Waals surface area (Å²) in [4.78, 5) is 9.08. The van der Waals surface area contributed by atoms with Crippen molar-refractivity contribution in [2.45, 2.75) is 12.3 Å². The van der Waals surface area contributed by atoms with E-state index < -0.39 is 0 Å². The van der Waals surface area contributed by atoms with E-state index in [1.807, 2.05) is 24.4 Å². The molecule has 1 aliphatic carbocycles. The van der Waals surface area contributed by atoms with Gasteiger partial charge in [0.1, 0.15) is 5.82 Å². The van der Waals surface area contributed by atoms with Crippen molar-refractivity contribution in [1.82, 2.24) is 9.97 Å². The van der Waals surface area contributed by atoms with E-state index in [1.54, 1.807) is 0 Å².